The second-order valence-corrected chi connectivity index (χ2v) is 5.49. The molecule has 1 aliphatic rings. The normalized spacial score (nSPS) is 18.3. The van der Waals surface area contributed by atoms with Gasteiger partial charge in [0.1, 0.15) is 0 Å². The first-order valence-electron chi connectivity index (χ1n) is 6.73. The Morgan fingerprint density at radius 3 is 2.28 bits per heavy atom. The highest BCUT2D eigenvalue weighted by Gasteiger charge is 2.25. The smallest absolute Gasteiger partial charge is 0.237 e. The Bertz CT molecular complexity index is 301. The van der Waals surface area contributed by atoms with Crippen LogP contribution in [-0.2, 0) is 9.59 Å². The zero-order valence-electron chi connectivity index (χ0n) is 11.7. The topological polar surface area (TPSA) is 70.2 Å². The summed E-state index contributed by atoms with van der Waals surface area (Å²) in [7, 11) is 0. The molecule has 0 aromatic heterocycles. The summed E-state index contributed by atoms with van der Waals surface area (Å²) in [5, 5.41) is 8.73. The maximum atomic E-state index is 11.6. The molecule has 0 radical (unpaired) electrons. The van der Waals surface area contributed by atoms with Crippen LogP contribution < -0.4 is 16.0 Å². The lowest BCUT2D eigenvalue weighted by molar-refractivity contribution is -0.123. The third kappa shape index (κ3) is 5.49. The predicted octanol–water partition coefficient (Wildman–Crippen LogP) is 0.404. The third-order valence-corrected chi connectivity index (χ3v) is 3.27. The fraction of sp³-hybridized carbons (Fsp3) is 0.846. The third-order valence-electron chi connectivity index (χ3n) is 3.27. The fourth-order valence-electron chi connectivity index (χ4n) is 1.36. The van der Waals surface area contributed by atoms with Crippen LogP contribution in [0.2, 0.25) is 0 Å². The molecule has 3 N–H and O–H groups in total. The summed E-state index contributed by atoms with van der Waals surface area (Å²) in [4.78, 5) is 23.2. The van der Waals surface area contributed by atoms with E-state index in [4.69, 9.17) is 0 Å². The molecule has 18 heavy (non-hydrogen) atoms. The van der Waals surface area contributed by atoms with Crippen LogP contribution in [0.1, 0.15) is 40.5 Å². The van der Waals surface area contributed by atoms with Crippen molar-refractivity contribution in [2.45, 2.75) is 58.7 Å². The van der Waals surface area contributed by atoms with Gasteiger partial charge in [-0.15, -0.1) is 0 Å². The van der Waals surface area contributed by atoms with E-state index in [0.717, 1.165) is 12.8 Å². The van der Waals surface area contributed by atoms with Gasteiger partial charge in [0, 0.05) is 12.1 Å². The van der Waals surface area contributed by atoms with Crippen molar-refractivity contribution < 1.29 is 9.59 Å². The zero-order valence-corrected chi connectivity index (χ0v) is 11.7. The van der Waals surface area contributed by atoms with Crippen LogP contribution in [0.3, 0.4) is 0 Å². The van der Waals surface area contributed by atoms with E-state index < -0.39 is 0 Å². The van der Waals surface area contributed by atoms with E-state index in [9.17, 15) is 9.59 Å². The highest BCUT2D eigenvalue weighted by molar-refractivity contribution is 5.83. The van der Waals surface area contributed by atoms with Crippen LogP contribution >= 0.6 is 0 Å². The first-order chi connectivity index (χ1) is 8.40. The average Bonchev–Trinajstić information content (AvgIpc) is 3.09. The van der Waals surface area contributed by atoms with Crippen molar-refractivity contribution in [3.8, 4) is 0 Å². The maximum absolute atomic E-state index is 11.6. The van der Waals surface area contributed by atoms with E-state index in [-0.39, 0.29) is 30.4 Å². The van der Waals surface area contributed by atoms with Crippen molar-refractivity contribution in [2.75, 3.05) is 6.54 Å². The summed E-state index contributed by atoms with van der Waals surface area (Å²) in [6, 6.07) is 0.178. The lowest BCUT2D eigenvalue weighted by Gasteiger charge is -2.19. The molecule has 1 saturated carbocycles. The van der Waals surface area contributed by atoms with Gasteiger partial charge >= 0.3 is 0 Å². The van der Waals surface area contributed by atoms with Crippen LogP contribution in [0.25, 0.3) is 0 Å². The van der Waals surface area contributed by atoms with Crippen molar-refractivity contribution >= 4 is 11.8 Å². The molecule has 1 aliphatic carbocycles. The first kappa shape index (κ1) is 15.0. The van der Waals surface area contributed by atoms with E-state index in [1.54, 1.807) is 6.92 Å². The molecule has 5 heteroatoms. The van der Waals surface area contributed by atoms with Gasteiger partial charge < -0.3 is 10.6 Å². The van der Waals surface area contributed by atoms with Gasteiger partial charge in [0.15, 0.2) is 0 Å². The quantitative estimate of drug-likeness (QED) is 0.617. The van der Waals surface area contributed by atoms with Crippen LogP contribution in [0, 0.1) is 5.92 Å². The SMILES string of the molecule is CC(NCC(=O)NC(C)C(C)C)C(=O)NC1CC1. The van der Waals surface area contributed by atoms with E-state index >= 15 is 0 Å². The number of carbonyl (C=O) groups is 2. The Hall–Kier alpha value is -1.10. The highest BCUT2D eigenvalue weighted by atomic mass is 16.2. The average molecular weight is 255 g/mol. The van der Waals surface area contributed by atoms with Gasteiger partial charge in [-0.25, -0.2) is 0 Å². The van der Waals surface area contributed by atoms with Gasteiger partial charge in [0.25, 0.3) is 0 Å². The molecule has 0 heterocycles. The van der Waals surface area contributed by atoms with Crippen LogP contribution in [0.4, 0.5) is 0 Å². The Balaban J connectivity index is 2.18. The molecule has 0 aliphatic heterocycles. The second-order valence-electron chi connectivity index (χ2n) is 5.49. The lowest BCUT2D eigenvalue weighted by atomic mass is 10.1. The molecule has 0 aromatic carbocycles. The summed E-state index contributed by atoms with van der Waals surface area (Å²) in [6.07, 6.45) is 2.15. The number of hydrogen-bond donors (Lipinski definition) is 3. The summed E-state index contributed by atoms with van der Waals surface area (Å²) in [5.74, 6) is 0.314. The first-order valence-corrected chi connectivity index (χ1v) is 6.73. The Labute approximate surface area is 109 Å². The summed E-state index contributed by atoms with van der Waals surface area (Å²) in [5.41, 5.74) is 0. The molecular formula is C13H25N3O2. The Morgan fingerprint density at radius 2 is 1.78 bits per heavy atom. The fourth-order valence-corrected chi connectivity index (χ4v) is 1.36. The molecule has 0 aromatic rings. The number of carbonyl (C=O) groups excluding carboxylic acids is 2. The molecule has 0 spiro atoms. The molecule has 104 valence electrons. The minimum Gasteiger partial charge on any atom is -0.352 e. The van der Waals surface area contributed by atoms with Gasteiger partial charge in [-0.1, -0.05) is 13.8 Å². The number of amides is 2. The summed E-state index contributed by atoms with van der Waals surface area (Å²) < 4.78 is 0. The minimum atomic E-state index is -0.328. The van der Waals surface area contributed by atoms with Crippen LogP contribution in [0.5, 0.6) is 0 Å². The summed E-state index contributed by atoms with van der Waals surface area (Å²) in [6.45, 7) is 8.05. The van der Waals surface area contributed by atoms with E-state index in [0.29, 0.717) is 12.0 Å². The van der Waals surface area contributed by atoms with Gasteiger partial charge in [0.2, 0.25) is 11.8 Å². The van der Waals surface area contributed by atoms with Gasteiger partial charge in [-0.05, 0) is 32.6 Å². The zero-order chi connectivity index (χ0) is 13.7. The monoisotopic (exact) mass is 255 g/mol. The number of nitrogens with one attached hydrogen (secondary N) is 3. The molecule has 0 saturated heterocycles. The molecule has 2 amide bonds. The van der Waals surface area contributed by atoms with Crippen LogP contribution in [-0.4, -0.2) is 36.5 Å². The molecule has 1 fully saturated rings. The molecule has 2 unspecified atom stereocenters. The lowest BCUT2D eigenvalue weighted by Crippen LogP contribution is -2.48. The molecule has 2 atom stereocenters. The Morgan fingerprint density at radius 1 is 1.17 bits per heavy atom. The van der Waals surface area contributed by atoms with Crippen molar-refractivity contribution in [1.82, 2.24) is 16.0 Å². The van der Waals surface area contributed by atoms with Crippen molar-refractivity contribution in [3.05, 3.63) is 0 Å². The van der Waals surface area contributed by atoms with E-state index in [1.807, 2.05) is 6.92 Å². The van der Waals surface area contributed by atoms with Crippen LogP contribution in [0.15, 0.2) is 0 Å². The second kappa shape index (κ2) is 6.73. The molecule has 5 nitrogen and oxygen atoms in total. The van der Waals surface area contributed by atoms with Gasteiger partial charge in [0.05, 0.1) is 12.6 Å². The van der Waals surface area contributed by atoms with Crippen molar-refractivity contribution in [2.24, 2.45) is 5.92 Å². The van der Waals surface area contributed by atoms with E-state index in [1.165, 1.54) is 0 Å². The summed E-state index contributed by atoms with van der Waals surface area (Å²) >= 11 is 0. The largest absolute Gasteiger partial charge is 0.352 e. The van der Waals surface area contributed by atoms with E-state index in [2.05, 4.69) is 29.8 Å². The number of rotatable bonds is 7. The Kier molecular flexibility index (Phi) is 5.59. The van der Waals surface area contributed by atoms with Crippen molar-refractivity contribution in [3.63, 3.8) is 0 Å². The minimum absolute atomic E-state index is 0.0257. The van der Waals surface area contributed by atoms with Crippen molar-refractivity contribution in [1.29, 1.82) is 0 Å². The molecule has 1 rings (SSSR count). The van der Waals surface area contributed by atoms with Gasteiger partial charge in [-0.3, -0.25) is 14.9 Å². The maximum Gasteiger partial charge on any atom is 0.237 e. The molecular weight excluding hydrogens is 230 g/mol. The molecule has 0 bridgehead atoms. The van der Waals surface area contributed by atoms with Gasteiger partial charge in [-0.2, -0.15) is 0 Å². The number of hydrogen-bond acceptors (Lipinski definition) is 3. The highest BCUT2D eigenvalue weighted by Crippen LogP contribution is 2.18. The standard InChI is InChI=1S/C13H25N3O2/c1-8(2)9(3)15-12(17)7-14-10(4)13(18)16-11-5-6-11/h8-11,14H,5-7H2,1-4H3,(H,15,17)(H,16,18). The predicted molar refractivity (Wildman–Crippen MR) is 71.1 cm³/mol.